The van der Waals surface area contributed by atoms with Crippen molar-refractivity contribution >= 4 is 74.9 Å². The molecule has 240 valence electrons. The lowest BCUT2D eigenvalue weighted by molar-refractivity contribution is -0.384. The molecule has 5 aromatic rings. The maximum Gasteiger partial charge on any atom is 0.271 e. The van der Waals surface area contributed by atoms with Gasteiger partial charge in [0.2, 0.25) is 11.8 Å². The summed E-state index contributed by atoms with van der Waals surface area (Å²) in [4.78, 5) is 58.3. The second kappa shape index (κ2) is 11.2. The Bertz CT molecular complexity index is 2130. The number of imide groups is 1. The van der Waals surface area contributed by atoms with Gasteiger partial charge in [0.15, 0.2) is 5.78 Å². The number of carbonyl (C=O) groups excluding carboxylic acids is 3. The van der Waals surface area contributed by atoms with Crippen molar-refractivity contribution in [2.75, 3.05) is 4.90 Å². The van der Waals surface area contributed by atoms with Gasteiger partial charge in [-0.15, -0.1) is 0 Å². The van der Waals surface area contributed by atoms with Crippen molar-refractivity contribution in [1.29, 1.82) is 0 Å². The summed E-state index contributed by atoms with van der Waals surface area (Å²) in [5.74, 6) is -4.19. The number of hydrogen-bond acceptors (Lipinski definition) is 5. The van der Waals surface area contributed by atoms with Crippen LogP contribution >= 0.6 is 34.8 Å². The summed E-state index contributed by atoms with van der Waals surface area (Å²) in [5.41, 5.74) is -0.261. The summed E-state index contributed by atoms with van der Waals surface area (Å²) >= 11 is 19.4. The number of non-ortho nitro benzene ring substituents is 1. The van der Waals surface area contributed by atoms with Crippen LogP contribution in [0, 0.1) is 22.0 Å². The second-order valence-electron chi connectivity index (χ2n) is 12.3. The van der Waals surface area contributed by atoms with Crippen molar-refractivity contribution in [2.45, 2.75) is 10.8 Å². The van der Waals surface area contributed by atoms with Crippen LogP contribution in [-0.4, -0.2) is 22.5 Å². The number of nitrogens with zero attached hydrogens (tertiary/aromatic N) is 2. The fourth-order valence-corrected chi connectivity index (χ4v) is 8.83. The first-order valence-electron chi connectivity index (χ1n) is 15.4. The van der Waals surface area contributed by atoms with Crippen molar-refractivity contribution in [3.63, 3.8) is 0 Å². The summed E-state index contributed by atoms with van der Waals surface area (Å²) in [7, 11) is 0. The van der Waals surface area contributed by atoms with E-state index < -0.39 is 39.4 Å². The lowest BCUT2D eigenvalue weighted by Gasteiger charge is -2.39. The van der Waals surface area contributed by atoms with E-state index in [1.807, 2.05) is 60.7 Å². The molecule has 7 nitrogen and oxygen atoms in total. The molecule has 1 aliphatic heterocycles. The fraction of sp³-hybridized carbons (Fsp3) is 0.103. The quantitative estimate of drug-likeness (QED) is 0.100. The minimum absolute atomic E-state index is 0.0217. The molecular weight excluding hydrogens is 683 g/mol. The predicted molar refractivity (Wildman–Crippen MR) is 189 cm³/mol. The molecule has 2 amide bonds. The summed E-state index contributed by atoms with van der Waals surface area (Å²) in [6, 6.07) is 35.9. The number of halogens is 3. The first kappa shape index (κ1) is 31.2. The smallest absolute Gasteiger partial charge is 0.271 e. The number of fused-ring (bicyclic) bond motifs is 5. The Morgan fingerprint density at radius 1 is 0.592 bits per heavy atom. The standard InChI is InChI=1S/C39H23Cl3N2O5/c40-26-15-11-24(12-16-26)38-31(22-7-3-1-4-8-22)32(23-9-5-2-6-10-23)39(37(38)47,25-13-17-27(41)18-14-25)34-33(38)35(45)43(36(34)46)30-21-28(44(48)49)19-20-29(30)42/h1-21,33-34H. The van der Waals surface area contributed by atoms with Crippen LogP contribution in [0.25, 0.3) is 11.1 Å². The first-order chi connectivity index (χ1) is 23.6. The minimum Gasteiger partial charge on any atom is -0.297 e. The molecule has 0 spiro atoms. The van der Waals surface area contributed by atoms with E-state index in [0.29, 0.717) is 43.4 Å². The van der Waals surface area contributed by atoms with Crippen LogP contribution in [0.15, 0.2) is 127 Å². The number of allylic oxidation sites excluding steroid dienone is 2. The Morgan fingerprint density at radius 2 is 1.02 bits per heavy atom. The zero-order valence-electron chi connectivity index (χ0n) is 25.3. The molecule has 4 unspecified atom stereocenters. The van der Waals surface area contributed by atoms with Crippen molar-refractivity contribution < 1.29 is 19.3 Å². The maximum atomic E-state index is 16.0. The highest BCUT2D eigenvalue weighted by atomic mass is 35.5. The Labute approximate surface area is 295 Å². The van der Waals surface area contributed by atoms with Gasteiger partial charge in [-0.05, 0) is 63.7 Å². The SMILES string of the molecule is O=C1C2C(C(=O)N1c1cc([N+](=O)[O-])ccc1Cl)C1(c3ccc(Cl)cc3)C(=O)C2(c2ccc(Cl)cc2)C(c2ccccc2)=C1c1ccccc1. The van der Waals surface area contributed by atoms with Gasteiger partial charge in [-0.3, -0.25) is 24.5 Å². The lowest BCUT2D eigenvalue weighted by atomic mass is 9.59. The molecule has 10 heteroatoms. The van der Waals surface area contributed by atoms with Crippen molar-refractivity contribution in [3.05, 3.63) is 175 Å². The van der Waals surface area contributed by atoms with Gasteiger partial charge in [0.05, 0.1) is 38.3 Å². The molecule has 1 heterocycles. The van der Waals surface area contributed by atoms with Crippen molar-refractivity contribution in [3.8, 4) is 0 Å². The van der Waals surface area contributed by atoms with Crippen LogP contribution < -0.4 is 4.90 Å². The molecule has 8 rings (SSSR count). The van der Waals surface area contributed by atoms with E-state index in [4.69, 9.17) is 34.8 Å². The van der Waals surface area contributed by atoms with Gasteiger partial charge in [0, 0.05) is 22.2 Å². The Balaban J connectivity index is 1.55. The van der Waals surface area contributed by atoms with Crippen LogP contribution in [0.5, 0.6) is 0 Å². The third-order valence-electron chi connectivity index (χ3n) is 10.1. The van der Waals surface area contributed by atoms with Gasteiger partial charge >= 0.3 is 0 Å². The van der Waals surface area contributed by atoms with E-state index in [2.05, 4.69) is 0 Å². The predicted octanol–water partition coefficient (Wildman–Crippen LogP) is 8.74. The first-order valence-corrected chi connectivity index (χ1v) is 16.5. The average molecular weight is 706 g/mol. The van der Waals surface area contributed by atoms with E-state index in [-0.39, 0.29) is 22.2 Å². The zero-order valence-corrected chi connectivity index (χ0v) is 27.6. The molecule has 5 aromatic carbocycles. The van der Waals surface area contributed by atoms with E-state index in [1.54, 1.807) is 48.5 Å². The summed E-state index contributed by atoms with van der Waals surface area (Å²) in [6.07, 6.45) is 0. The molecule has 2 fully saturated rings. The highest BCUT2D eigenvalue weighted by Gasteiger charge is 2.82. The van der Waals surface area contributed by atoms with Crippen LogP contribution in [0.2, 0.25) is 15.1 Å². The number of amides is 2. The number of benzene rings is 5. The van der Waals surface area contributed by atoms with Crippen molar-refractivity contribution in [2.24, 2.45) is 11.8 Å². The average Bonchev–Trinajstić information content (AvgIpc) is 3.61. The van der Waals surface area contributed by atoms with Gasteiger partial charge in [-0.2, -0.15) is 0 Å². The molecule has 0 radical (unpaired) electrons. The molecule has 1 saturated heterocycles. The number of nitro benzene ring substituents is 1. The largest absolute Gasteiger partial charge is 0.297 e. The molecule has 2 aliphatic carbocycles. The number of nitro groups is 1. The van der Waals surface area contributed by atoms with E-state index in [9.17, 15) is 10.1 Å². The van der Waals surface area contributed by atoms with Crippen LogP contribution in [0.4, 0.5) is 11.4 Å². The lowest BCUT2D eigenvalue weighted by Crippen LogP contribution is -2.45. The number of Topliss-reactive ketones (excluding diaryl/α,β-unsaturated/α-hetero) is 1. The molecule has 4 atom stereocenters. The maximum absolute atomic E-state index is 16.0. The monoisotopic (exact) mass is 704 g/mol. The molecule has 3 aliphatic rings. The molecule has 49 heavy (non-hydrogen) atoms. The molecular formula is C39H23Cl3N2O5. The minimum atomic E-state index is -1.68. The van der Waals surface area contributed by atoms with E-state index in [1.165, 1.54) is 12.1 Å². The topological polar surface area (TPSA) is 97.6 Å². The van der Waals surface area contributed by atoms with Crippen LogP contribution in [0.1, 0.15) is 22.3 Å². The molecule has 0 N–H and O–H groups in total. The Morgan fingerprint density at radius 3 is 1.43 bits per heavy atom. The third kappa shape index (κ3) is 4.13. The highest BCUT2D eigenvalue weighted by molar-refractivity contribution is 6.41. The zero-order chi connectivity index (χ0) is 34.2. The third-order valence-corrected chi connectivity index (χ3v) is 10.9. The van der Waals surface area contributed by atoms with E-state index >= 15 is 14.4 Å². The highest BCUT2D eigenvalue weighted by Crippen LogP contribution is 2.74. The van der Waals surface area contributed by atoms with Gasteiger partial charge in [0.25, 0.3) is 5.69 Å². The van der Waals surface area contributed by atoms with Crippen LogP contribution in [-0.2, 0) is 25.2 Å². The van der Waals surface area contributed by atoms with E-state index in [0.717, 1.165) is 11.0 Å². The number of anilines is 1. The van der Waals surface area contributed by atoms with Gasteiger partial charge in [0.1, 0.15) is 0 Å². The summed E-state index contributed by atoms with van der Waals surface area (Å²) in [6.45, 7) is 0. The second-order valence-corrected chi connectivity index (χ2v) is 13.6. The number of ketones is 1. The number of hydrogen-bond donors (Lipinski definition) is 0. The van der Waals surface area contributed by atoms with Gasteiger partial charge in [-0.1, -0.05) is 120 Å². The molecule has 0 aromatic heterocycles. The fourth-order valence-electron chi connectivity index (χ4n) is 8.38. The van der Waals surface area contributed by atoms with Crippen LogP contribution in [0.3, 0.4) is 0 Å². The molecule has 1 saturated carbocycles. The number of rotatable bonds is 6. The number of carbonyl (C=O) groups is 3. The molecule has 2 bridgehead atoms. The van der Waals surface area contributed by atoms with Crippen molar-refractivity contribution in [1.82, 2.24) is 0 Å². The Hall–Kier alpha value is -5.08. The van der Waals surface area contributed by atoms with Gasteiger partial charge in [-0.25, -0.2) is 4.90 Å². The van der Waals surface area contributed by atoms with Gasteiger partial charge < -0.3 is 0 Å². The summed E-state index contributed by atoms with van der Waals surface area (Å²) < 4.78 is 0. The summed E-state index contributed by atoms with van der Waals surface area (Å²) in [5, 5.41) is 12.7. The normalized spacial score (nSPS) is 24.1. The Kier molecular flexibility index (Phi) is 7.16.